The summed E-state index contributed by atoms with van der Waals surface area (Å²) >= 11 is 0. The van der Waals surface area contributed by atoms with Crippen LogP contribution < -0.4 is 5.32 Å². The highest BCUT2D eigenvalue weighted by Crippen LogP contribution is 2.21. The molecule has 17 heavy (non-hydrogen) atoms. The fraction of sp³-hybridized carbons (Fsp3) is 1.00. The number of nitrogens with zero attached hydrogens (tertiary/aromatic N) is 1. The van der Waals surface area contributed by atoms with Crippen LogP contribution in [-0.4, -0.2) is 43.3 Å². The molecule has 0 radical (unpaired) electrons. The van der Waals surface area contributed by atoms with Gasteiger partial charge in [-0.15, -0.1) is 0 Å². The largest absolute Gasteiger partial charge is 0.390 e. The summed E-state index contributed by atoms with van der Waals surface area (Å²) in [4.78, 5) is 1.84. The Labute approximate surface area is 102 Å². The van der Waals surface area contributed by atoms with Crippen LogP contribution >= 0.6 is 0 Å². The van der Waals surface area contributed by atoms with Gasteiger partial charge in [0.1, 0.15) is 0 Å². The van der Waals surface area contributed by atoms with E-state index >= 15 is 0 Å². The first-order valence-corrected chi connectivity index (χ1v) is 6.42. The van der Waals surface area contributed by atoms with Crippen molar-refractivity contribution >= 4 is 0 Å². The molecule has 0 amide bonds. The third kappa shape index (κ3) is 6.88. The quantitative estimate of drug-likeness (QED) is 0.714. The van der Waals surface area contributed by atoms with Gasteiger partial charge in [-0.3, -0.25) is 0 Å². The number of halogens is 3. The van der Waals surface area contributed by atoms with Crippen LogP contribution in [0.3, 0.4) is 0 Å². The lowest BCUT2D eigenvalue weighted by molar-refractivity contribution is -0.138. The Kier molecular flexibility index (Phi) is 5.73. The number of likely N-dealkylation sites (N-methyl/N-ethyl adjacent to an activating group) is 1. The zero-order valence-electron chi connectivity index (χ0n) is 10.7. The summed E-state index contributed by atoms with van der Waals surface area (Å²) in [5.74, 6) is 0. The molecule has 0 saturated heterocycles. The van der Waals surface area contributed by atoms with Crippen molar-refractivity contribution in [2.45, 2.75) is 57.3 Å². The van der Waals surface area contributed by atoms with E-state index in [0.717, 1.165) is 19.4 Å². The van der Waals surface area contributed by atoms with Crippen molar-refractivity contribution in [3.8, 4) is 0 Å². The van der Waals surface area contributed by atoms with Gasteiger partial charge < -0.3 is 10.2 Å². The molecule has 1 aliphatic carbocycles. The summed E-state index contributed by atoms with van der Waals surface area (Å²) < 4.78 is 36.4. The van der Waals surface area contributed by atoms with E-state index in [1.54, 1.807) is 7.05 Å². The minimum atomic E-state index is -4.05. The fourth-order valence-electron chi connectivity index (χ4n) is 1.89. The topological polar surface area (TPSA) is 15.3 Å². The molecule has 5 heteroatoms. The van der Waals surface area contributed by atoms with E-state index in [1.165, 1.54) is 12.8 Å². The highest BCUT2D eigenvalue weighted by Gasteiger charge is 2.29. The summed E-state index contributed by atoms with van der Waals surface area (Å²) in [6.45, 7) is 2.98. The van der Waals surface area contributed by atoms with Crippen LogP contribution in [0.5, 0.6) is 0 Å². The lowest BCUT2D eigenvalue weighted by atomic mass is 10.1. The van der Waals surface area contributed by atoms with E-state index in [2.05, 4.69) is 12.2 Å². The summed E-state index contributed by atoms with van der Waals surface area (Å²) in [6.07, 6.45) is -0.375. The maximum Gasteiger partial charge on any atom is 0.390 e. The standard InChI is InChI=1S/C12H23F3N2/c1-3-4-11(9-16-10-5-6-10)17(2)8-7-12(13,14)15/h10-11,16H,3-9H2,1-2H3. The average molecular weight is 252 g/mol. The molecule has 0 aliphatic heterocycles. The second kappa shape index (κ2) is 6.59. The second-order valence-corrected chi connectivity index (χ2v) is 4.97. The molecule has 1 fully saturated rings. The van der Waals surface area contributed by atoms with Crippen molar-refractivity contribution < 1.29 is 13.2 Å². The Morgan fingerprint density at radius 2 is 2.00 bits per heavy atom. The van der Waals surface area contributed by atoms with Crippen molar-refractivity contribution in [1.82, 2.24) is 10.2 Å². The smallest absolute Gasteiger partial charge is 0.312 e. The summed E-state index contributed by atoms with van der Waals surface area (Å²) in [5.41, 5.74) is 0. The predicted molar refractivity (Wildman–Crippen MR) is 63.0 cm³/mol. The molecule has 0 aromatic rings. The van der Waals surface area contributed by atoms with Crippen LogP contribution in [0.25, 0.3) is 0 Å². The molecular weight excluding hydrogens is 229 g/mol. The average Bonchev–Trinajstić information content (AvgIpc) is 3.03. The Bertz CT molecular complexity index is 214. The maximum absolute atomic E-state index is 12.1. The van der Waals surface area contributed by atoms with Crippen molar-refractivity contribution in [3.05, 3.63) is 0 Å². The van der Waals surface area contributed by atoms with Gasteiger partial charge >= 0.3 is 6.18 Å². The van der Waals surface area contributed by atoms with Crippen LogP contribution in [0.4, 0.5) is 13.2 Å². The summed E-state index contributed by atoms with van der Waals surface area (Å²) in [6, 6.07) is 0.841. The highest BCUT2D eigenvalue weighted by molar-refractivity contribution is 4.83. The van der Waals surface area contributed by atoms with E-state index in [0.29, 0.717) is 6.04 Å². The second-order valence-electron chi connectivity index (χ2n) is 4.97. The van der Waals surface area contributed by atoms with Crippen LogP contribution in [0.1, 0.15) is 39.0 Å². The van der Waals surface area contributed by atoms with Crippen LogP contribution in [0.15, 0.2) is 0 Å². The van der Waals surface area contributed by atoms with E-state index < -0.39 is 12.6 Å². The lowest BCUT2D eigenvalue weighted by Gasteiger charge is -2.28. The first kappa shape index (κ1) is 14.8. The summed E-state index contributed by atoms with van der Waals surface area (Å²) in [5, 5.41) is 3.40. The van der Waals surface area contributed by atoms with Crippen molar-refractivity contribution in [2.24, 2.45) is 0 Å². The van der Waals surface area contributed by atoms with Crippen LogP contribution in [-0.2, 0) is 0 Å². The van der Waals surface area contributed by atoms with Gasteiger partial charge in [0.05, 0.1) is 6.42 Å². The molecule has 0 aromatic heterocycles. The summed E-state index contributed by atoms with van der Waals surface area (Å²) in [7, 11) is 1.79. The minimum Gasteiger partial charge on any atom is -0.312 e. The number of hydrogen-bond acceptors (Lipinski definition) is 2. The molecule has 2 nitrogen and oxygen atoms in total. The molecule has 1 unspecified atom stereocenters. The first-order valence-electron chi connectivity index (χ1n) is 6.42. The zero-order chi connectivity index (χ0) is 12.9. The predicted octanol–water partition coefficient (Wildman–Crippen LogP) is 2.79. The first-order chi connectivity index (χ1) is 7.92. The number of hydrogen-bond donors (Lipinski definition) is 1. The molecule has 1 N–H and O–H groups in total. The van der Waals surface area contributed by atoms with Gasteiger partial charge in [-0.05, 0) is 26.3 Å². The molecule has 1 aliphatic rings. The van der Waals surface area contributed by atoms with Gasteiger partial charge in [0.15, 0.2) is 0 Å². The van der Waals surface area contributed by atoms with Crippen molar-refractivity contribution in [3.63, 3.8) is 0 Å². The Balaban J connectivity index is 2.27. The van der Waals surface area contributed by atoms with Crippen molar-refractivity contribution in [2.75, 3.05) is 20.1 Å². The van der Waals surface area contributed by atoms with Gasteiger partial charge in [-0.25, -0.2) is 0 Å². The number of nitrogens with one attached hydrogen (secondary N) is 1. The zero-order valence-corrected chi connectivity index (χ0v) is 10.7. The van der Waals surface area contributed by atoms with Crippen LogP contribution in [0.2, 0.25) is 0 Å². The van der Waals surface area contributed by atoms with E-state index in [9.17, 15) is 13.2 Å². The fourth-order valence-corrected chi connectivity index (χ4v) is 1.89. The third-order valence-electron chi connectivity index (χ3n) is 3.21. The van der Waals surface area contributed by atoms with E-state index in [1.807, 2.05) is 4.90 Å². The van der Waals surface area contributed by atoms with Gasteiger partial charge in [0, 0.05) is 25.2 Å². The Morgan fingerprint density at radius 1 is 1.35 bits per heavy atom. The lowest BCUT2D eigenvalue weighted by Crippen LogP contribution is -2.42. The van der Waals surface area contributed by atoms with Gasteiger partial charge in [-0.1, -0.05) is 13.3 Å². The van der Waals surface area contributed by atoms with Crippen LogP contribution in [0, 0.1) is 0 Å². The number of alkyl halides is 3. The highest BCUT2D eigenvalue weighted by atomic mass is 19.4. The van der Waals surface area contributed by atoms with Gasteiger partial charge in [0.25, 0.3) is 0 Å². The van der Waals surface area contributed by atoms with Gasteiger partial charge in [0.2, 0.25) is 0 Å². The molecular formula is C12H23F3N2. The van der Waals surface area contributed by atoms with Crippen molar-refractivity contribution in [1.29, 1.82) is 0 Å². The van der Waals surface area contributed by atoms with E-state index in [4.69, 9.17) is 0 Å². The third-order valence-corrected chi connectivity index (χ3v) is 3.21. The minimum absolute atomic E-state index is 0.0977. The monoisotopic (exact) mass is 252 g/mol. The normalized spacial score (nSPS) is 18.7. The Morgan fingerprint density at radius 3 is 2.47 bits per heavy atom. The molecule has 1 saturated carbocycles. The maximum atomic E-state index is 12.1. The van der Waals surface area contributed by atoms with Gasteiger partial charge in [-0.2, -0.15) is 13.2 Å². The molecule has 0 spiro atoms. The molecule has 0 aromatic carbocycles. The van der Waals surface area contributed by atoms with E-state index in [-0.39, 0.29) is 12.6 Å². The number of rotatable bonds is 8. The Hall–Kier alpha value is -0.290. The molecule has 0 heterocycles. The molecule has 1 rings (SSSR count). The SMILES string of the molecule is CCCC(CNC1CC1)N(C)CCC(F)(F)F. The molecule has 0 bridgehead atoms. The molecule has 1 atom stereocenters. The molecule has 102 valence electrons.